The number of nitrogens with zero attached hydrogens (tertiary/aromatic N) is 4. The molecule has 36 heavy (non-hydrogen) atoms. The molecule has 3 heterocycles. The minimum atomic E-state index is -0.381. The average molecular weight is 515 g/mol. The van der Waals surface area contributed by atoms with Crippen LogP contribution in [0.15, 0.2) is 24.5 Å². The molecule has 0 aliphatic rings. The molecule has 0 saturated carbocycles. The van der Waals surface area contributed by atoms with Gasteiger partial charge < -0.3 is 35.7 Å². The van der Waals surface area contributed by atoms with Gasteiger partial charge in [0.15, 0.2) is 5.13 Å². The molecule has 3 amide bonds. The van der Waals surface area contributed by atoms with Crippen LogP contribution in [0.3, 0.4) is 0 Å². The standard InChI is InChI=1S/C24H34N8O3S/c1-14(2)20-19(29-24(25)36-20)23(35)28-16-11-18(32(6)13-16)22(34)27-15-10-17(31(5)12-15)21(33)26-8-7-9-30(3)4/h10-14H,7-9H2,1-6H3,(H2,25,29)(H,26,33)(H,27,34)(H,28,35). The zero-order valence-electron chi connectivity index (χ0n) is 21.5. The average Bonchev–Trinajstić information content (AvgIpc) is 3.47. The van der Waals surface area contributed by atoms with Gasteiger partial charge in [-0.05, 0) is 45.1 Å². The first-order valence-corrected chi connectivity index (χ1v) is 12.4. The Morgan fingerprint density at radius 2 is 1.56 bits per heavy atom. The summed E-state index contributed by atoms with van der Waals surface area (Å²) in [4.78, 5) is 45.3. The van der Waals surface area contributed by atoms with Crippen LogP contribution in [0, 0.1) is 0 Å². The second-order valence-electron chi connectivity index (χ2n) is 9.19. The Balaban J connectivity index is 1.65. The van der Waals surface area contributed by atoms with Crippen LogP contribution in [0.25, 0.3) is 0 Å². The number of carbonyl (C=O) groups excluding carboxylic acids is 3. The van der Waals surface area contributed by atoms with Crippen molar-refractivity contribution in [1.82, 2.24) is 24.3 Å². The van der Waals surface area contributed by atoms with E-state index in [1.54, 1.807) is 47.8 Å². The third kappa shape index (κ3) is 6.52. The zero-order valence-corrected chi connectivity index (χ0v) is 22.3. The second-order valence-corrected chi connectivity index (χ2v) is 10.3. The molecule has 0 aliphatic carbocycles. The Labute approximate surface area is 214 Å². The number of rotatable bonds is 10. The molecule has 3 aromatic rings. The lowest BCUT2D eigenvalue weighted by Crippen LogP contribution is -2.28. The van der Waals surface area contributed by atoms with Crippen molar-refractivity contribution >= 4 is 45.6 Å². The van der Waals surface area contributed by atoms with Crippen molar-refractivity contribution in [3.8, 4) is 0 Å². The fourth-order valence-electron chi connectivity index (χ4n) is 3.69. The van der Waals surface area contributed by atoms with Gasteiger partial charge in [0.1, 0.15) is 17.1 Å². The summed E-state index contributed by atoms with van der Waals surface area (Å²) in [6.07, 6.45) is 4.17. The topological polar surface area (TPSA) is 139 Å². The van der Waals surface area contributed by atoms with Crippen LogP contribution < -0.4 is 21.7 Å². The molecule has 5 N–H and O–H groups in total. The maximum absolute atomic E-state index is 12.9. The molecular formula is C24H34N8O3S. The van der Waals surface area contributed by atoms with Gasteiger partial charge in [-0.25, -0.2) is 4.98 Å². The molecule has 11 nitrogen and oxygen atoms in total. The maximum Gasteiger partial charge on any atom is 0.275 e. The van der Waals surface area contributed by atoms with E-state index in [-0.39, 0.29) is 23.6 Å². The van der Waals surface area contributed by atoms with Gasteiger partial charge in [0.05, 0.1) is 11.4 Å². The third-order valence-electron chi connectivity index (χ3n) is 5.47. The Morgan fingerprint density at radius 3 is 2.11 bits per heavy atom. The highest BCUT2D eigenvalue weighted by atomic mass is 32.1. The number of thiazole rings is 1. The summed E-state index contributed by atoms with van der Waals surface area (Å²) in [6.45, 7) is 5.38. The molecule has 0 fully saturated rings. The highest BCUT2D eigenvalue weighted by Crippen LogP contribution is 2.29. The van der Waals surface area contributed by atoms with Crippen LogP contribution in [-0.2, 0) is 14.1 Å². The number of carbonyl (C=O) groups is 3. The number of hydrogen-bond donors (Lipinski definition) is 4. The van der Waals surface area contributed by atoms with E-state index < -0.39 is 0 Å². The van der Waals surface area contributed by atoms with Crippen LogP contribution in [0.4, 0.5) is 16.5 Å². The van der Waals surface area contributed by atoms with Gasteiger partial charge in [0, 0.05) is 37.9 Å². The molecule has 0 radical (unpaired) electrons. The summed E-state index contributed by atoms with van der Waals surface area (Å²) in [5, 5.41) is 8.84. The Morgan fingerprint density at radius 1 is 1.00 bits per heavy atom. The molecule has 12 heteroatoms. The summed E-state index contributed by atoms with van der Waals surface area (Å²) < 4.78 is 3.28. The summed E-state index contributed by atoms with van der Waals surface area (Å²) >= 11 is 1.29. The molecule has 0 bridgehead atoms. The SMILES string of the molecule is CC(C)c1sc(N)nc1C(=O)Nc1cc(C(=O)Nc2cc(C(=O)NCCCN(C)C)n(C)c2)n(C)c1. The highest BCUT2D eigenvalue weighted by Gasteiger charge is 2.21. The van der Waals surface area contributed by atoms with Crippen LogP contribution >= 0.6 is 11.3 Å². The Bertz CT molecular complexity index is 1250. The quantitative estimate of drug-likeness (QED) is 0.307. The summed E-state index contributed by atoms with van der Waals surface area (Å²) in [7, 11) is 7.43. The lowest BCUT2D eigenvalue weighted by molar-refractivity contribution is 0.0942. The van der Waals surface area contributed by atoms with Crippen molar-refractivity contribution in [3.63, 3.8) is 0 Å². The van der Waals surface area contributed by atoms with Gasteiger partial charge in [-0.15, -0.1) is 11.3 Å². The van der Waals surface area contributed by atoms with E-state index in [4.69, 9.17) is 5.73 Å². The van der Waals surface area contributed by atoms with Crippen molar-refractivity contribution in [2.45, 2.75) is 26.2 Å². The van der Waals surface area contributed by atoms with Crippen molar-refractivity contribution in [2.75, 3.05) is 43.6 Å². The molecule has 0 saturated heterocycles. The fourth-order valence-corrected chi connectivity index (χ4v) is 4.53. The number of nitrogens with one attached hydrogen (secondary N) is 3. The second kappa shape index (κ2) is 11.4. The van der Waals surface area contributed by atoms with E-state index in [9.17, 15) is 14.4 Å². The lowest BCUT2D eigenvalue weighted by Gasteiger charge is -2.10. The third-order valence-corrected chi connectivity index (χ3v) is 6.65. The van der Waals surface area contributed by atoms with Crippen molar-refractivity contribution in [3.05, 3.63) is 46.5 Å². The summed E-state index contributed by atoms with van der Waals surface area (Å²) in [5.74, 6) is -0.853. The molecule has 0 spiro atoms. The predicted molar refractivity (Wildman–Crippen MR) is 143 cm³/mol. The molecule has 3 aromatic heterocycles. The van der Waals surface area contributed by atoms with E-state index in [1.165, 1.54) is 11.3 Å². The van der Waals surface area contributed by atoms with Crippen LogP contribution in [0.2, 0.25) is 0 Å². The molecule has 194 valence electrons. The first kappa shape index (κ1) is 27.0. The number of aromatic nitrogens is 3. The number of nitrogen functional groups attached to an aromatic ring is 1. The molecule has 0 atom stereocenters. The smallest absolute Gasteiger partial charge is 0.275 e. The number of anilines is 3. The van der Waals surface area contributed by atoms with E-state index in [2.05, 4.69) is 25.8 Å². The van der Waals surface area contributed by atoms with Gasteiger partial charge in [-0.3, -0.25) is 14.4 Å². The normalized spacial score (nSPS) is 11.2. The minimum Gasteiger partial charge on any atom is -0.375 e. The predicted octanol–water partition coefficient (Wildman–Crippen LogP) is 2.71. The number of aryl methyl sites for hydroxylation is 2. The van der Waals surface area contributed by atoms with Crippen molar-refractivity contribution in [2.24, 2.45) is 14.1 Å². The monoisotopic (exact) mass is 514 g/mol. The zero-order chi connectivity index (χ0) is 26.6. The van der Waals surface area contributed by atoms with E-state index in [0.29, 0.717) is 40.1 Å². The van der Waals surface area contributed by atoms with Gasteiger partial charge in [0.2, 0.25) is 0 Å². The van der Waals surface area contributed by atoms with Gasteiger partial charge >= 0.3 is 0 Å². The number of hydrogen-bond acceptors (Lipinski definition) is 7. The molecule has 0 aliphatic heterocycles. The highest BCUT2D eigenvalue weighted by molar-refractivity contribution is 7.15. The number of amides is 3. The van der Waals surface area contributed by atoms with E-state index in [0.717, 1.165) is 17.8 Å². The molecular weight excluding hydrogens is 480 g/mol. The largest absolute Gasteiger partial charge is 0.375 e. The van der Waals surface area contributed by atoms with Crippen molar-refractivity contribution in [1.29, 1.82) is 0 Å². The van der Waals surface area contributed by atoms with E-state index >= 15 is 0 Å². The first-order chi connectivity index (χ1) is 17.0. The number of nitrogens with two attached hydrogens (primary N) is 1. The first-order valence-electron chi connectivity index (χ1n) is 11.6. The Kier molecular flexibility index (Phi) is 8.53. The van der Waals surface area contributed by atoms with Crippen molar-refractivity contribution < 1.29 is 14.4 Å². The summed E-state index contributed by atoms with van der Waals surface area (Å²) in [5.41, 5.74) is 7.83. The molecule has 0 aromatic carbocycles. The van der Waals surface area contributed by atoms with Gasteiger partial charge in [0.25, 0.3) is 17.7 Å². The maximum atomic E-state index is 12.9. The van der Waals surface area contributed by atoms with Gasteiger partial charge in [-0.2, -0.15) is 0 Å². The Hall–Kier alpha value is -3.64. The van der Waals surface area contributed by atoms with Crippen LogP contribution in [-0.4, -0.2) is 63.9 Å². The van der Waals surface area contributed by atoms with E-state index in [1.807, 2.05) is 27.9 Å². The summed E-state index contributed by atoms with van der Waals surface area (Å²) in [6, 6.07) is 3.21. The lowest BCUT2D eigenvalue weighted by atomic mass is 10.1. The minimum absolute atomic E-state index is 0.105. The van der Waals surface area contributed by atoms with Crippen LogP contribution in [0.5, 0.6) is 0 Å². The van der Waals surface area contributed by atoms with Crippen LogP contribution in [0.1, 0.15) is 62.5 Å². The van der Waals surface area contributed by atoms with Gasteiger partial charge in [-0.1, -0.05) is 13.8 Å². The molecule has 3 rings (SSSR count). The molecule has 0 unspecified atom stereocenters. The fraction of sp³-hybridized carbons (Fsp3) is 0.417.